The van der Waals surface area contributed by atoms with Crippen LogP contribution in [-0.4, -0.2) is 63.2 Å². The molecule has 0 saturated carbocycles. The fourth-order valence-corrected chi connectivity index (χ4v) is 4.90. The molecule has 8 heteroatoms. The molecule has 0 aliphatic carbocycles. The molecule has 0 radical (unpaired) electrons. The van der Waals surface area contributed by atoms with E-state index in [4.69, 9.17) is 0 Å². The highest BCUT2D eigenvalue weighted by Crippen LogP contribution is 2.24. The van der Waals surface area contributed by atoms with Gasteiger partial charge >= 0.3 is 0 Å². The third-order valence-corrected chi connectivity index (χ3v) is 7.17. The second kappa shape index (κ2) is 8.41. The van der Waals surface area contributed by atoms with Crippen molar-refractivity contribution in [1.29, 1.82) is 0 Å². The van der Waals surface area contributed by atoms with Crippen molar-refractivity contribution in [2.45, 2.75) is 4.90 Å². The lowest BCUT2D eigenvalue weighted by atomic mass is 10.1. The molecule has 1 fully saturated rings. The van der Waals surface area contributed by atoms with E-state index in [1.807, 2.05) is 73.6 Å². The van der Waals surface area contributed by atoms with Gasteiger partial charge in [-0.2, -0.15) is 4.31 Å². The van der Waals surface area contributed by atoms with Gasteiger partial charge in [-0.25, -0.2) is 8.42 Å². The van der Waals surface area contributed by atoms with Crippen LogP contribution in [0.25, 0.3) is 11.1 Å². The molecule has 2 aromatic carbocycles. The van der Waals surface area contributed by atoms with Crippen LogP contribution in [0, 0.1) is 0 Å². The fraction of sp³-hybridized carbons (Fsp3) is 0.273. The van der Waals surface area contributed by atoms with E-state index in [0.29, 0.717) is 31.1 Å². The van der Waals surface area contributed by atoms with Crippen LogP contribution in [0.4, 0.5) is 11.6 Å². The normalized spacial score (nSPS) is 15.2. The van der Waals surface area contributed by atoms with Gasteiger partial charge in [0, 0.05) is 40.3 Å². The van der Waals surface area contributed by atoms with Crippen LogP contribution >= 0.6 is 0 Å². The second-order valence-corrected chi connectivity index (χ2v) is 9.36. The quantitative estimate of drug-likeness (QED) is 0.629. The molecule has 2 heterocycles. The molecule has 1 aromatic heterocycles. The van der Waals surface area contributed by atoms with E-state index >= 15 is 0 Å². The first-order chi connectivity index (χ1) is 14.4. The van der Waals surface area contributed by atoms with Gasteiger partial charge in [0.1, 0.15) is 0 Å². The van der Waals surface area contributed by atoms with Crippen molar-refractivity contribution < 1.29 is 8.42 Å². The summed E-state index contributed by atoms with van der Waals surface area (Å²) in [5, 5.41) is 8.48. The first kappa shape index (κ1) is 20.3. The molecule has 0 N–H and O–H groups in total. The Kier molecular flexibility index (Phi) is 5.69. The van der Waals surface area contributed by atoms with E-state index in [1.165, 1.54) is 0 Å². The number of anilines is 2. The summed E-state index contributed by atoms with van der Waals surface area (Å²) in [5.74, 6) is 1.56. The van der Waals surface area contributed by atoms with Gasteiger partial charge < -0.3 is 9.80 Å². The highest BCUT2D eigenvalue weighted by molar-refractivity contribution is 7.89. The number of hydrogen-bond acceptors (Lipinski definition) is 6. The smallest absolute Gasteiger partial charge is 0.243 e. The Morgan fingerprint density at radius 3 is 1.97 bits per heavy atom. The van der Waals surface area contributed by atoms with Crippen molar-refractivity contribution in [2.24, 2.45) is 0 Å². The molecule has 0 atom stereocenters. The summed E-state index contributed by atoms with van der Waals surface area (Å²) in [6.45, 7) is 1.99. The summed E-state index contributed by atoms with van der Waals surface area (Å²) in [6, 6.07) is 20.9. The monoisotopic (exact) mass is 423 g/mol. The summed E-state index contributed by atoms with van der Waals surface area (Å²) in [5.41, 5.74) is 2.07. The van der Waals surface area contributed by atoms with Crippen LogP contribution in [0.2, 0.25) is 0 Å². The predicted molar refractivity (Wildman–Crippen MR) is 119 cm³/mol. The Morgan fingerprint density at radius 1 is 0.767 bits per heavy atom. The zero-order valence-corrected chi connectivity index (χ0v) is 18.0. The Hall–Kier alpha value is -2.97. The first-order valence-electron chi connectivity index (χ1n) is 9.87. The molecule has 0 unspecified atom stereocenters. The molecular formula is C22H25N5O2S. The minimum Gasteiger partial charge on any atom is -0.361 e. The van der Waals surface area contributed by atoms with Crippen LogP contribution in [0.1, 0.15) is 0 Å². The summed E-state index contributed by atoms with van der Waals surface area (Å²) >= 11 is 0. The molecule has 0 amide bonds. The lowest BCUT2D eigenvalue weighted by Gasteiger charge is -2.34. The minimum atomic E-state index is -3.52. The zero-order valence-electron chi connectivity index (χ0n) is 17.1. The van der Waals surface area contributed by atoms with Crippen molar-refractivity contribution in [3.05, 3.63) is 66.7 Å². The van der Waals surface area contributed by atoms with Crippen LogP contribution in [-0.2, 0) is 10.0 Å². The van der Waals surface area contributed by atoms with Crippen LogP contribution in [0.5, 0.6) is 0 Å². The molecule has 7 nitrogen and oxygen atoms in total. The van der Waals surface area contributed by atoms with E-state index in [-0.39, 0.29) is 0 Å². The lowest BCUT2D eigenvalue weighted by Crippen LogP contribution is -2.49. The van der Waals surface area contributed by atoms with Gasteiger partial charge in [-0.15, -0.1) is 10.2 Å². The van der Waals surface area contributed by atoms with Crippen molar-refractivity contribution in [3.8, 4) is 11.1 Å². The molecule has 0 bridgehead atoms. The summed E-state index contributed by atoms with van der Waals surface area (Å²) in [4.78, 5) is 4.28. The standard InChI is InChI=1S/C22H25N5O2S/c1-25(2)21-12-13-22(24-23-21)26-14-16-27(17-15-26)30(28,29)20-10-8-19(9-11-20)18-6-4-3-5-7-18/h3-13H,14-17H2,1-2H3. The summed E-state index contributed by atoms with van der Waals surface area (Å²) in [6.07, 6.45) is 0. The molecular weight excluding hydrogens is 398 g/mol. The largest absolute Gasteiger partial charge is 0.361 e. The number of sulfonamides is 1. The van der Waals surface area contributed by atoms with E-state index < -0.39 is 10.0 Å². The van der Waals surface area contributed by atoms with Crippen molar-refractivity contribution in [1.82, 2.24) is 14.5 Å². The van der Waals surface area contributed by atoms with Crippen molar-refractivity contribution in [3.63, 3.8) is 0 Å². The Bertz CT molecular complexity index is 1080. The van der Waals surface area contributed by atoms with Crippen LogP contribution in [0.3, 0.4) is 0 Å². The third-order valence-electron chi connectivity index (χ3n) is 5.26. The molecule has 3 aromatic rings. The average Bonchev–Trinajstić information content (AvgIpc) is 2.80. The number of piperazine rings is 1. The second-order valence-electron chi connectivity index (χ2n) is 7.43. The SMILES string of the molecule is CN(C)c1ccc(N2CCN(S(=O)(=O)c3ccc(-c4ccccc4)cc3)CC2)nn1. The zero-order chi connectivity index (χ0) is 21.1. The molecule has 156 valence electrons. The molecule has 30 heavy (non-hydrogen) atoms. The molecule has 1 aliphatic rings. The van der Waals surface area contributed by atoms with Crippen molar-refractivity contribution in [2.75, 3.05) is 50.1 Å². The number of benzene rings is 2. The highest BCUT2D eigenvalue weighted by atomic mass is 32.2. The lowest BCUT2D eigenvalue weighted by molar-refractivity contribution is 0.383. The Balaban J connectivity index is 1.43. The average molecular weight is 424 g/mol. The van der Waals surface area contributed by atoms with Gasteiger partial charge in [-0.3, -0.25) is 0 Å². The Morgan fingerprint density at radius 2 is 1.40 bits per heavy atom. The predicted octanol–water partition coefficient (Wildman–Crippen LogP) is 2.72. The van der Waals surface area contributed by atoms with Gasteiger partial charge in [-0.1, -0.05) is 42.5 Å². The van der Waals surface area contributed by atoms with Gasteiger partial charge in [-0.05, 0) is 35.4 Å². The third kappa shape index (κ3) is 4.15. The van der Waals surface area contributed by atoms with E-state index in [1.54, 1.807) is 16.4 Å². The van der Waals surface area contributed by atoms with E-state index in [2.05, 4.69) is 15.1 Å². The van der Waals surface area contributed by atoms with Gasteiger partial charge in [0.15, 0.2) is 11.6 Å². The topological polar surface area (TPSA) is 69.6 Å². The van der Waals surface area contributed by atoms with E-state index in [9.17, 15) is 8.42 Å². The summed E-state index contributed by atoms with van der Waals surface area (Å²) < 4.78 is 27.7. The maximum absolute atomic E-state index is 13.1. The molecule has 1 aliphatic heterocycles. The van der Waals surface area contributed by atoms with Crippen LogP contribution in [0.15, 0.2) is 71.6 Å². The van der Waals surface area contributed by atoms with Crippen LogP contribution < -0.4 is 9.80 Å². The molecule has 4 rings (SSSR count). The fourth-order valence-electron chi connectivity index (χ4n) is 3.48. The molecule has 0 spiro atoms. The highest BCUT2D eigenvalue weighted by Gasteiger charge is 2.29. The number of aromatic nitrogens is 2. The number of nitrogens with zero attached hydrogens (tertiary/aromatic N) is 5. The van der Waals surface area contributed by atoms with Gasteiger partial charge in [0.05, 0.1) is 4.90 Å². The maximum atomic E-state index is 13.1. The van der Waals surface area contributed by atoms with Crippen molar-refractivity contribution >= 4 is 21.7 Å². The van der Waals surface area contributed by atoms with Gasteiger partial charge in [0.25, 0.3) is 0 Å². The summed E-state index contributed by atoms with van der Waals surface area (Å²) in [7, 11) is 0.312. The van der Waals surface area contributed by atoms with E-state index in [0.717, 1.165) is 22.8 Å². The first-order valence-corrected chi connectivity index (χ1v) is 11.3. The minimum absolute atomic E-state index is 0.325. The Labute approximate surface area is 177 Å². The maximum Gasteiger partial charge on any atom is 0.243 e. The van der Waals surface area contributed by atoms with Gasteiger partial charge in [0.2, 0.25) is 10.0 Å². The number of hydrogen-bond donors (Lipinski definition) is 0. The molecule has 1 saturated heterocycles. The number of rotatable bonds is 5.